The molecule has 1 N–H and O–H groups in total. The second-order valence-corrected chi connectivity index (χ2v) is 7.19. The number of hydrogen-bond acceptors (Lipinski definition) is 4. The average molecular weight is 319 g/mol. The van der Waals surface area contributed by atoms with Crippen LogP contribution in [0.2, 0.25) is 0 Å². The second-order valence-electron chi connectivity index (χ2n) is 6.02. The van der Waals surface area contributed by atoms with E-state index in [0.717, 1.165) is 42.0 Å². The maximum absolute atomic E-state index is 11.5. The van der Waals surface area contributed by atoms with Crippen molar-refractivity contribution in [2.24, 2.45) is 5.92 Å². The molecule has 1 aliphatic heterocycles. The standard InChI is InChI=1S/C17H21NO3S/c19-16-15(22-17(20)18-16)11-13-5-7-14(8-6-13)21-10-9-12-3-1-2-4-12/h5-8,12,15H,1-4,9-11H2,(H,18,19,20). The molecule has 1 aromatic rings. The topological polar surface area (TPSA) is 55.4 Å². The van der Waals surface area contributed by atoms with E-state index >= 15 is 0 Å². The lowest BCUT2D eigenvalue weighted by Gasteiger charge is -2.11. The number of benzene rings is 1. The number of ether oxygens (including phenoxy) is 1. The van der Waals surface area contributed by atoms with Crippen LogP contribution in [-0.4, -0.2) is 23.0 Å². The summed E-state index contributed by atoms with van der Waals surface area (Å²) in [6.45, 7) is 0.777. The molecular formula is C17H21NO3S. The minimum absolute atomic E-state index is 0.188. The van der Waals surface area contributed by atoms with Crippen LogP contribution in [0.5, 0.6) is 5.75 Å². The third kappa shape index (κ3) is 4.03. The highest BCUT2D eigenvalue weighted by Crippen LogP contribution is 2.28. The normalized spacial score (nSPS) is 22.1. The highest BCUT2D eigenvalue weighted by Gasteiger charge is 2.31. The van der Waals surface area contributed by atoms with Crippen molar-refractivity contribution >= 4 is 22.9 Å². The first-order valence-electron chi connectivity index (χ1n) is 7.94. The minimum atomic E-state index is -0.304. The number of carbonyl (C=O) groups excluding carboxylic acids is 2. The van der Waals surface area contributed by atoms with Crippen LogP contribution in [0.4, 0.5) is 4.79 Å². The number of amides is 2. The van der Waals surface area contributed by atoms with Crippen molar-refractivity contribution in [1.82, 2.24) is 5.32 Å². The number of carbonyl (C=O) groups is 2. The molecule has 1 saturated heterocycles. The number of imide groups is 1. The van der Waals surface area contributed by atoms with Gasteiger partial charge in [0, 0.05) is 0 Å². The summed E-state index contributed by atoms with van der Waals surface area (Å²) >= 11 is 1.07. The van der Waals surface area contributed by atoms with E-state index in [1.165, 1.54) is 25.7 Å². The van der Waals surface area contributed by atoms with Gasteiger partial charge in [-0.2, -0.15) is 0 Å². The molecule has 5 heteroatoms. The lowest BCUT2D eigenvalue weighted by Crippen LogP contribution is -2.25. The predicted octanol–water partition coefficient (Wildman–Crippen LogP) is 3.54. The van der Waals surface area contributed by atoms with Crippen LogP contribution >= 0.6 is 11.8 Å². The number of hydrogen-bond donors (Lipinski definition) is 1. The Hall–Kier alpha value is -1.49. The molecular weight excluding hydrogens is 298 g/mol. The zero-order valence-corrected chi connectivity index (χ0v) is 13.4. The average Bonchev–Trinajstić information content (AvgIpc) is 3.11. The Labute approximate surface area is 135 Å². The molecule has 0 aromatic heterocycles. The van der Waals surface area contributed by atoms with Crippen LogP contribution in [0.25, 0.3) is 0 Å². The Bertz CT molecular complexity index is 537. The zero-order chi connectivity index (χ0) is 15.4. The van der Waals surface area contributed by atoms with Gasteiger partial charge in [-0.15, -0.1) is 0 Å². The van der Waals surface area contributed by atoms with Gasteiger partial charge in [-0.1, -0.05) is 49.6 Å². The molecule has 2 fully saturated rings. The molecule has 1 unspecified atom stereocenters. The molecule has 22 heavy (non-hydrogen) atoms. The Balaban J connectivity index is 1.45. The van der Waals surface area contributed by atoms with Gasteiger partial charge in [-0.25, -0.2) is 0 Å². The van der Waals surface area contributed by atoms with Crippen molar-refractivity contribution in [3.63, 3.8) is 0 Å². The molecule has 1 aromatic carbocycles. The summed E-state index contributed by atoms with van der Waals surface area (Å²) in [7, 11) is 0. The van der Waals surface area contributed by atoms with Gasteiger partial charge in [-0.05, 0) is 36.5 Å². The van der Waals surface area contributed by atoms with Crippen molar-refractivity contribution in [1.29, 1.82) is 0 Å². The number of thioether (sulfide) groups is 1. The lowest BCUT2D eigenvalue weighted by atomic mass is 10.1. The smallest absolute Gasteiger partial charge is 0.286 e. The van der Waals surface area contributed by atoms with Crippen LogP contribution in [-0.2, 0) is 11.2 Å². The molecule has 4 nitrogen and oxygen atoms in total. The van der Waals surface area contributed by atoms with Gasteiger partial charge in [0.15, 0.2) is 0 Å². The molecule has 2 aliphatic rings. The van der Waals surface area contributed by atoms with E-state index in [1.54, 1.807) is 0 Å². The first kappa shape index (κ1) is 15.4. The van der Waals surface area contributed by atoms with Crippen LogP contribution in [0.15, 0.2) is 24.3 Å². The van der Waals surface area contributed by atoms with Crippen molar-refractivity contribution in [2.75, 3.05) is 6.61 Å². The van der Waals surface area contributed by atoms with Gasteiger partial charge in [-0.3, -0.25) is 14.9 Å². The van der Waals surface area contributed by atoms with Crippen molar-refractivity contribution < 1.29 is 14.3 Å². The summed E-state index contributed by atoms with van der Waals surface area (Å²) in [5.74, 6) is 1.53. The van der Waals surface area contributed by atoms with E-state index in [9.17, 15) is 9.59 Å². The van der Waals surface area contributed by atoms with E-state index in [1.807, 2.05) is 24.3 Å². The van der Waals surface area contributed by atoms with Crippen molar-refractivity contribution in [3.8, 4) is 5.75 Å². The maximum atomic E-state index is 11.5. The summed E-state index contributed by atoms with van der Waals surface area (Å²) in [6, 6.07) is 7.84. The highest BCUT2D eigenvalue weighted by molar-refractivity contribution is 8.15. The summed E-state index contributed by atoms with van der Waals surface area (Å²) in [5.41, 5.74) is 1.05. The van der Waals surface area contributed by atoms with Crippen LogP contribution in [0, 0.1) is 5.92 Å². The number of nitrogens with one attached hydrogen (secondary N) is 1. The summed E-state index contributed by atoms with van der Waals surface area (Å²) in [6.07, 6.45) is 7.15. The molecule has 1 heterocycles. The Morgan fingerprint density at radius 2 is 1.86 bits per heavy atom. The zero-order valence-electron chi connectivity index (χ0n) is 12.5. The van der Waals surface area contributed by atoms with Crippen molar-refractivity contribution in [2.45, 2.75) is 43.8 Å². The Morgan fingerprint density at radius 1 is 1.14 bits per heavy atom. The first-order valence-corrected chi connectivity index (χ1v) is 8.82. The Kier molecular flexibility index (Phi) is 5.03. The van der Waals surface area contributed by atoms with E-state index in [-0.39, 0.29) is 16.4 Å². The largest absolute Gasteiger partial charge is 0.494 e. The number of rotatable bonds is 6. The molecule has 0 bridgehead atoms. The summed E-state index contributed by atoms with van der Waals surface area (Å²) in [4.78, 5) is 22.7. The first-order chi connectivity index (χ1) is 10.7. The quantitative estimate of drug-likeness (QED) is 0.871. The molecule has 118 valence electrons. The fourth-order valence-corrected chi connectivity index (χ4v) is 3.97. The molecule has 0 spiro atoms. The summed E-state index contributed by atoms with van der Waals surface area (Å²) < 4.78 is 5.79. The van der Waals surface area contributed by atoms with E-state index in [4.69, 9.17) is 4.74 Å². The third-order valence-electron chi connectivity index (χ3n) is 4.38. The minimum Gasteiger partial charge on any atom is -0.494 e. The van der Waals surface area contributed by atoms with E-state index in [0.29, 0.717) is 6.42 Å². The second kappa shape index (κ2) is 7.18. The van der Waals surface area contributed by atoms with Gasteiger partial charge in [0.2, 0.25) is 5.91 Å². The van der Waals surface area contributed by atoms with E-state index < -0.39 is 0 Å². The van der Waals surface area contributed by atoms with Crippen LogP contribution < -0.4 is 10.1 Å². The van der Waals surface area contributed by atoms with Gasteiger partial charge in [0.1, 0.15) is 5.75 Å². The lowest BCUT2D eigenvalue weighted by molar-refractivity contribution is -0.118. The molecule has 2 amide bonds. The molecule has 1 aliphatic carbocycles. The predicted molar refractivity (Wildman–Crippen MR) is 87.1 cm³/mol. The molecule has 0 radical (unpaired) electrons. The summed E-state index contributed by atoms with van der Waals surface area (Å²) in [5, 5.41) is 1.76. The SMILES string of the molecule is O=C1NC(=O)C(Cc2ccc(OCCC3CCCC3)cc2)S1. The fraction of sp³-hybridized carbons (Fsp3) is 0.529. The van der Waals surface area contributed by atoms with Crippen LogP contribution in [0.3, 0.4) is 0 Å². The monoisotopic (exact) mass is 319 g/mol. The Morgan fingerprint density at radius 3 is 2.50 bits per heavy atom. The van der Waals surface area contributed by atoms with Crippen molar-refractivity contribution in [3.05, 3.63) is 29.8 Å². The maximum Gasteiger partial charge on any atom is 0.286 e. The fourth-order valence-electron chi connectivity index (χ4n) is 3.11. The third-order valence-corrected chi connectivity index (χ3v) is 5.36. The van der Waals surface area contributed by atoms with Gasteiger partial charge < -0.3 is 4.74 Å². The molecule has 1 atom stereocenters. The van der Waals surface area contributed by atoms with Crippen LogP contribution in [0.1, 0.15) is 37.7 Å². The van der Waals surface area contributed by atoms with Gasteiger partial charge >= 0.3 is 0 Å². The van der Waals surface area contributed by atoms with Gasteiger partial charge in [0.05, 0.1) is 11.9 Å². The van der Waals surface area contributed by atoms with E-state index in [2.05, 4.69) is 5.32 Å². The molecule has 1 saturated carbocycles. The van der Waals surface area contributed by atoms with Gasteiger partial charge in [0.25, 0.3) is 5.24 Å². The molecule has 3 rings (SSSR count). The highest BCUT2D eigenvalue weighted by atomic mass is 32.2.